The van der Waals surface area contributed by atoms with Gasteiger partial charge < -0.3 is 9.80 Å². The summed E-state index contributed by atoms with van der Waals surface area (Å²) in [5, 5.41) is 0. The summed E-state index contributed by atoms with van der Waals surface area (Å²) in [5.41, 5.74) is 1.20. The molecule has 0 amide bonds. The highest BCUT2D eigenvalue weighted by Crippen LogP contribution is 2.31. The van der Waals surface area contributed by atoms with Crippen LogP contribution < -0.4 is 9.80 Å². The fraction of sp³-hybridized carbons (Fsp3) is 0.375. The fourth-order valence-electron chi connectivity index (χ4n) is 2.86. The van der Waals surface area contributed by atoms with Gasteiger partial charge in [0.05, 0.1) is 0 Å². The first-order valence-corrected chi connectivity index (χ1v) is 7.32. The lowest BCUT2D eigenvalue weighted by molar-refractivity contribution is -0.141. The zero-order valence-corrected chi connectivity index (χ0v) is 12.9. The van der Waals surface area contributed by atoms with Crippen LogP contribution in [0.5, 0.6) is 0 Å². The maximum atomic E-state index is 12.9. The predicted octanol–water partition coefficient (Wildman–Crippen LogP) is 3.34. The van der Waals surface area contributed by atoms with Crippen LogP contribution in [0.4, 0.5) is 24.8 Å². The average molecular weight is 322 g/mol. The topological polar surface area (TPSA) is 32.3 Å². The van der Waals surface area contributed by atoms with Crippen LogP contribution in [0.3, 0.4) is 0 Å². The molecule has 0 aliphatic carbocycles. The molecule has 0 saturated heterocycles. The number of hydrogen-bond donors (Lipinski definition) is 0. The van der Waals surface area contributed by atoms with Gasteiger partial charge in [0.15, 0.2) is 0 Å². The Kier molecular flexibility index (Phi) is 3.87. The first-order valence-electron chi connectivity index (χ1n) is 7.32. The first kappa shape index (κ1) is 15.6. The van der Waals surface area contributed by atoms with Crippen molar-refractivity contribution in [3.63, 3.8) is 0 Å². The van der Waals surface area contributed by atoms with E-state index in [9.17, 15) is 13.2 Å². The molecule has 7 heteroatoms. The van der Waals surface area contributed by atoms with Crippen LogP contribution in [-0.4, -0.2) is 29.6 Å². The molecule has 1 unspecified atom stereocenters. The molecule has 2 heterocycles. The molecule has 4 nitrogen and oxygen atoms in total. The van der Waals surface area contributed by atoms with Crippen LogP contribution >= 0.6 is 0 Å². The normalized spacial score (nSPS) is 18.6. The summed E-state index contributed by atoms with van der Waals surface area (Å²) in [6.45, 7) is 3.12. The van der Waals surface area contributed by atoms with Crippen molar-refractivity contribution in [3.05, 3.63) is 47.8 Å². The van der Waals surface area contributed by atoms with Gasteiger partial charge in [0, 0.05) is 38.1 Å². The molecule has 2 aromatic rings. The molecule has 0 spiro atoms. The van der Waals surface area contributed by atoms with E-state index in [4.69, 9.17) is 0 Å². The number of fused-ring (bicyclic) bond motifs is 1. The highest BCUT2D eigenvalue weighted by atomic mass is 19.4. The Morgan fingerprint density at radius 3 is 2.65 bits per heavy atom. The van der Waals surface area contributed by atoms with Crippen LogP contribution in [0.2, 0.25) is 0 Å². The summed E-state index contributed by atoms with van der Waals surface area (Å²) in [6, 6.07) is 8.75. The molecule has 0 radical (unpaired) electrons. The predicted molar refractivity (Wildman–Crippen MR) is 82.4 cm³/mol. The van der Waals surface area contributed by atoms with E-state index >= 15 is 0 Å². The van der Waals surface area contributed by atoms with E-state index in [1.807, 2.05) is 43.1 Å². The lowest BCUT2D eigenvalue weighted by atomic mass is 10.1. The number of halogens is 3. The summed E-state index contributed by atoms with van der Waals surface area (Å²) in [7, 11) is 1.98. The van der Waals surface area contributed by atoms with Crippen LogP contribution in [0.1, 0.15) is 18.2 Å². The maximum Gasteiger partial charge on any atom is 0.433 e. The molecule has 0 fully saturated rings. The zero-order valence-electron chi connectivity index (χ0n) is 12.9. The van der Waals surface area contributed by atoms with Gasteiger partial charge in [-0.15, -0.1) is 0 Å². The Morgan fingerprint density at radius 1 is 1.17 bits per heavy atom. The Labute approximate surface area is 132 Å². The molecule has 3 rings (SSSR count). The van der Waals surface area contributed by atoms with Crippen LogP contribution in [0.15, 0.2) is 36.5 Å². The standard InChI is InChI=1S/C16H17F3N4/c1-11-9-22(2)13-6-4-3-5-12(13)10-23(11)15-20-8-7-14(21-15)16(17,18)19/h3-8,11H,9-10H2,1-2H3. The summed E-state index contributed by atoms with van der Waals surface area (Å²) in [4.78, 5) is 11.7. The van der Waals surface area contributed by atoms with E-state index in [0.717, 1.165) is 17.3 Å². The molecule has 122 valence electrons. The Bertz CT molecular complexity index is 702. The van der Waals surface area contributed by atoms with Crippen molar-refractivity contribution in [2.45, 2.75) is 25.7 Å². The third-order valence-electron chi connectivity index (χ3n) is 4.00. The summed E-state index contributed by atoms with van der Waals surface area (Å²) in [5.74, 6) is 0.109. The Morgan fingerprint density at radius 2 is 1.91 bits per heavy atom. The highest BCUT2D eigenvalue weighted by Gasteiger charge is 2.34. The lowest BCUT2D eigenvalue weighted by Crippen LogP contribution is -2.39. The third kappa shape index (κ3) is 3.09. The largest absolute Gasteiger partial charge is 0.433 e. The highest BCUT2D eigenvalue weighted by molar-refractivity contribution is 5.56. The van der Waals surface area contributed by atoms with Gasteiger partial charge in [0.25, 0.3) is 0 Å². The van der Waals surface area contributed by atoms with Gasteiger partial charge in [-0.05, 0) is 24.6 Å². The summed E-state index contributed by atoms with van der Waals surface area (Å²) < 4.78 is 38.7. The van der Waals surface area contributed by atoms with Crippen molar-refractivity contribution in [2.24, 2.45) is 0 Å². The van der Waals surface area contributed by atoms with E-state index in [0.29, 0.717) is 13.1 Å². The number of rotatable bonds is 1. The monoisotopic (exact) mass is 322 g/mol. The van der Waals surface area contributed by atoms with Crippen molar-refractivity contribution in [3.8, 4) is 0 Å². The number of alkyl halides is 3. The number of nitrogens with zero attached hydrogens (tertiary/aromatic N) is 4. The van der Waals surface area contributed by atoms with E-state index < -0.39 is 11.9 Å². The van der Waals surface area contributed by atoms with Gasteiger partial charge >= 0.3 is 6.18 Å². The number of aromatic nitrogens is 2. The molecule has 1 aliphatic heterocycles. The molecule has 1 aromatic heterocycles. The minimum absolute atomic E-state index is 0.0177. The molecule has 1 aromatic carbocycles. The maximum absolute atomic E-state index is 12.9. The van der Waals surface area contributed by atoms with Gasteiger partial charge in [-0.2, -0.15) is 13.2 Å². The number of anilines is 2. The molecule has 0 saturated carbocycles. The molecule has 1 aliphatic rings. The molecule has 1 atom stereocenters. The van der Waals surface area contributed by atoms with E-state index in [2.05, 4.69) is 14.9 Å². The second kappa shape index (κ2) is 5.72. The number of hydrogen-bond acceptors (Lipinski definition) is 4. The smallest absolute Gasteiger partial charge is 0.372 e. The van der Waals surface area contributed by atoms with Crippen molar-refractivity contribution in [2.75, 3.05) is 23.4 Å². The quantitative estimate of drug-likeness (QED) is 0.806. The molecule has 23 heavy (non-hydrogen) atoms. The van der Waals surface area contributed by atoms with Crippen molar-refractivity contribution in [1.82, 2.24) is 9.97 Å². The summed E-state index contributed by atoms with van der Waals surface area (Å²) >= 11 is 0. The zero-order chi connectivity index (χ0) is 16.6. The average Bonchev–Trinajstić information content (AvgIpc) is 2.64. The molecule has 0 bridgehead atoms. The molecule has 0 N–H and O–H groups in total. The van der Waals surface area contributed by atoms with E-state index in [1.54, 1.807) is 0 Å². The van der Waals surface area contributed by atoms with E-state index in [-0.39, 0.29) is 12.0 Å². The van der Waals surface area contributed by atoms with Crippen molar-refractivity contribution in [1.29, 1.82) is 0 Å². The molecular weight excluding hydrogens is 305 g/mol. The van der Waals surface area contributed by atoms with Gasteiger partial charge in [0.1, 0.15) is 5.69 Å². The van der Waals surface area contributed by atoms with Crippen LogP contribution in [0.25, 0.3) is 0 Å². The van der Waals surface area contributed by atoms with Gasteiger partial charge in [0.2, 0.25) is 5.95 Å². The van der Waals surface area contributed by atoms with Crippen LogP contribution in [-0.2, 0) is 12.7 Å². The van der Waals surface area contributed by atoms with E-state index in [1.165, 1.54) is 6.20 Å². The Hall–Kier alpha value is -2.31. The van der Waals surface area contributed by atoms with Gasteiger partial charge in [-0.3, -0.25) is 0 Å². The van der Waals surface area contributed by atoms with Crippen molar-refractivity contribution >= 4 is 11.6 Å². The molecular formula is C16H17F3N4. The lowest BCUT2D eigenvalue weighted by Gasteiger charge is -2.28. The van der Waals surface area contributed by atoms with Crippen molar-refractivity contribution < 1.29 is 13.2 Å². The Balaban J connectivity index is 2.00. The third-order valence-corrected chi connectivity index (χ3v) is 4.00. The fourth-order valence-corrected chi connectivity index (χ4v) is 2.86. The first-order chi connectivity index (χ1) is 10.9. The SMILES string of the molecule is CC1CN(C)c2ccccc2CN1c1nccc(C(F)(F)F)n1. The second-order valence-corrected chi connectivity index (χ2v) is 5.73. The minimum Gasteiger partial charge on any atom is -0.372 e. The van der Waals surface area contributed by atoms with Gasteiger partial charge in [-0.25, -0.2) is 9.97 Å². The summed E-state index contributed by atoms with van der Waals surface area (Å²) in [6.07, 6.45) is -3.31. The minimum atomic E-state index is -4.47. The van der Waals surface area contributed by atoms with Crippen LogP contribution in [0, 0.1) is 0 Å². The second-order valence-electron chi connectivity index (χ2n) is 5.73. The number of benzene rings is 1. The number of para-hydroxylation sites is 1. The van der Waals surface area contributed by atoms with Gasteiger partial charge in [-0.1, -0.05) is 18.2 Å². The number of likely N-dealkylation sites (N-methyl/N-ethyl adjacent to an activating group) is 1.